The molecule has 150 valence electrons. The fourth-order valence-corrected chi connectivity index (χ4v) is 3.77. The molecule has 2 aromatic carbocycles. The molecule has 0 saturated carbocycles. The minimum atomic E-state index is -0.517. The highest BCUT2D eigenvalue weighted by Crippen LogP contribution is 2.19. The Morgan fingerprint density at radius 2 is 1.75 bits per heavy atom. The fraction of sp³-hybridized carbons (Fsp3) is 0.391. The summed E-state index contributed by atoms with van der Waals surface area (Å²) in [6.07, 6.45) is 0.394. The van der Waals surface area contributed by atoms with Crippen molar-refractivity contribution in [3.8, 4) is 0 Å². The zero-order chi connectivity index (χ0) is 20.5. The SMILES string of the molecule is Cc1cccc(CN(C(=O)CCSc2ccccc2)C(C)C(=O)NC(C)C)c1. The van der Waals surface area contributed by atoms with Crippen LogP contribution in [0.4, 0.5) is 0 Å². The van der Waals surface area contributed by atoms with E-state index in [0.717, 1.165) is 16.0 Å². The topological polar surface area (TPSA) is 49.4 Å². The molecule has 4 nitrogen and oxygen atoms in total. The van der Waals surface area contributed by atoms with Gasteiger partial charge in [0.05, 0.1) is 0 Å². The Morgan fingerprint density at radius 3 is 2.39 bits per heavy atom. The number of aryl methyl sites for hydroxylation is 1. The zero-order valence-electron chi connectivity index (χ0n) is 17.1. The summed E-state index contributed by atoms with van der Waals surface area (Å²) in [5, 5.41) is 2.92. The van der Waals surface area contributed by atoms with Gasteiger partial charge in [-0.3, -0.25) is 9.59 Å². The molecule has 0 bridgehead atoms. The summed E-state index contributed by atoms with van der Waals surface area (Å²) < 4.78 is 0. The standard InChI is InChI=1S/C23H30N2O2S/c1-17(2)24-23(27)19(4)25(16-20-10-8-9-18(3)15-20)22(26)13-14-28-21-11-6-5-7-12-21/h5-12,15,17,19H,13-14,16H2,1-4H3,(H,24,27). The summed E-state index contributed by atoms with van der Waals surface area (Å²) in [6, 6.07) is 17.6. The van der Waals surface area contributed by atoms with Gasteiger partial charge in [-0.15, -0.1) is 11.8 Å². The first-order valence-electron chi connectivity index (χ1n) is 9.70. The van der Waals surface area contributed by atoms with Crippen molar-refractivity contribution in [3.63, 3.8) is 0 Å². The van der Waals surface area contributed by atoms with Crippen LogP contribution in [0.3, 0.4) is 0 Å². The number of nitrogens with one attached hydrogen (secondary N) is 1. The van der Waals surface area contributed by atoms with Crippen molar-refractivity contribution >= 4 is 23.6 Å². The largest absolute Gasteiger partial charge is 0.352 e. The number of carbonyl (C=O) groups is 2. The highest BCUT2D eigenvalue weighted by atomic mass is 32.2. The minimum Gasteiger partial charge on any atom is -0.352 e. The van der Waals surface area contributed by atoms with E-state index in [1.54, 1.807) is 23.6 Å². The summed E-state index contributed by atoms with van der Waals surface area (Å²) in [5.41, 5.74) is 2.18. The van der Waals surface area contributed by atoms with Gasteiger partial charge in [0.2, 0.25) is 11.8 Å². The number of nitrogens with zero attached hydrogens (tertiary/aromatic N) is 1. The van der Waals surface area contributed by atoms with Crippen molar-refractivity contribution in [2.75, 3.05) is 5.75 Å². The van der Waals surface area contributed by atoms with Crippen LogP contribution in [-0.4, -0.2) is 34.6 Å². The highest BCUT2D eigenvalue weighted by molar-refractivity contribution is 7.99. The second-order valence-electron chi connectivity index (χ2n) is 7.26. The monoisotopic (exact) mass is 398 g/mol. The molecule has 2 aromatic rings. The molecule has 0 aliphatic rings. The van der Waals surface area contributed by atoms with Crippen LogP contribution in [0.15, 0.2) is 59.5 Å². The van der Waals surface area contributed by atoms with Gasteiger partial charge < -0.3 is 10.2 Å². The Morgan fingerprint density at radius 1 is 1.04 bits per heavy atom. The second kappa shape index (κ2) is 10.9. The van der Waals surface area contributed by atoms with E-state index in [4.69, 9.17) is 0 Å². The van der Waals surface area contributed by atoms with Gasteiger partial charge in [0.1, 0.15) is 6.04 Å². The van der Waals surface area contributed by atoms with Crippen LogP contribution in [0.5, 0.6) is 0 Å². The van der Waals surface area contributed by atoms with Crippen LogP contribution in [0, 0.1) is 6.92 Å². The van der Waals surface area contributed by atoms with E-state index in [1.807, 2.05) is 69.3 Å². The lowest BCUT2D eigenvalue weighted by molar-refractivity contribution is -0.140. The molecule has 0 heterocycles. The smallest absolute Gasteiger partial charge is 0.242 e. The number of carbonyl (C=O) groups excluding carboxylic acids is 2. The molecule has 1 N–H and O–H groups in total. The van der Waals surface area contributed by atoms with Gasteiger partial charge in [-0.25, -0.2) is 0 Å². The molecule has 0 aromatic heterocycles. The first-order chi connectivity index (χ1) is 13.4. The summed E-state index contributed by atoms with van der Waals surface area (Å²) >= 11 is 1.66. The van der Waals surface area contributed by atoms with Crippen molar-refractivity contribution < 1.29 is 9.59 Å². The van der Waals surface area contributed by atoms with Gasteiger partial charge >= 0.3 is 0 Å². The van der Waals surface area contributed by atoms with Gasteiger partial charge in [-0.2, -0.15) is 0 Å². The molecule has 1 atom stereocenters. The lowest BCUT2D eigenvalue weighted by atomic mass is 10.1. The van der Waals surface area contributed by atoms with Crippen LogP contribution in [0.1, 0.15) is 38.3 Å². The van der Waals surface area contributed by atoms with E-state index in [-0.39, 0.29) is 17.9 Å². The van der Waals surface area contributed by atoms with E-state index in [2.05, 4.69) is 11.4 Å². The first-order valence-corrected chi connectivity index (χ1v) is 10.7. The number of benzene rings is 2. The van der Waals surface area contributed by atoms with Crippen molar-refractivity contribution in [1.29, 1.82) is 0 Å². The average Bonchev–Trinajstić information content (AvgIpc) is 2.66. The Bertz CT molecular complexity index is 777. The number of thioether (sulfide) groups is 1. The number of hydrogen-bond acceptors (Lipinski definition) is 3. The molecule has 1 unspecified atom stereocenters. The molecule has 0 spiro atoms. The van der Waals surface area contributed by atoms with E-state index in [0.29, 0.717) is 18.7 Å². The molecule has 2 rings (SSSR count). The zero-order valence-corrected chi connectivity index (χ0v) is 18.0. The molecule has 2 amide bonds. The summed E-state index contributed by atoms with van der Waals surface area (Å²) in [6.45, 7) is 8.11. The predicted molar refractivity (Wildman–Crippen MR) is 116 cm³/mol. The summed E-state index contributed by atoms with van der Waals surface area (Å²) in [5.74, 6) is 0.564. The third-order valence-corrected chi connectivity index (χ3v) is 5.38. The van der Waals surface area contributed by atoms with Crippen LogP contribution in [0.2, 0.25) is 0 Å². The first kappa shape index (κ1) is 22.0. The van der Waals surface area contributed by atoms with Gasteiger partial charge in [-0.05, 0) is 45.4 Å². The van der Waals surface area contributed by atoms with Crippen molar-refractivity contribution in [1.82, 2.24) is 10.2 Å². The number of amides is 2. The van der Waals surface area contributed by atoms with E-state index in [1.165, 1.54) is 0 Å². The van der Waals surface area contributed by atoms with Crippen LogP contribution >= 0.6 is 11.8 Å². The maximum absolute atomic E-state index is 13.0. The highest BCUT2D eigenvalue weighted by Gasteiger charge is 2.26. The molecular weight excluding hydrogens is 368 g/mol. The maximum Gasteiger partial charge on any atom is 0.242 e. The second-order valence-corrected chi connectivity index (χ2v) is 8.43. The molecule has 0 saturated heterocycles. The van der Waals surface area contributed by atoms with E-state index < -0.39 is 6.04 Å². The third-order valence-electron chi connectivity index (χ3n) is 4.36. The quantitative estimate of drug-likeness (QED) is 0.636. The molecular formula is C23H30N2O2S. The Balaban J connectivity index is 2.07. The van der Waals surface area contributed by atoms with Crippen molar-refractivity contribution in [2.45, 2.75) is 57.6 Å². The Kier molecular flexibility index (Phi) is 8.58. The van der Waals surface area contributed by atoms with Gasteiger partial charge in [0.15, 0.2) is 0 Å². The third kappa shape index (κ3) is 7.04. The molecule has 0 fully saturated rings. The van der Waals surface area contributed by atoms with Crippen molar-refractivity contribution in [3.05, 3.63) is 65.7 Å². The normalized spacial score (nSPS) is 11.9. The number of hydrogen-bond donors (Lipinski definition) is 1. The van der Waals surface area contributed by atoms with Crippen LogP contribution in [0.25, 0.3) is 0 Å². The molecule has 28 heavy (non-hydrogen) atoms. The summed E-state index contributed by atoms with van der Waals surface area (Å²) in [7, 11) is 0. The molecule has 0 aliphatic heterocycles. The van der Waals surface area contributed by atoms with Gasteiger partial charge in [-0.1, -0.05) is 48.0 Å². The molecule has 0 radical (unpaired) electrons. The van der Waals surface area contributed by atoms with Gasteiger partial charge in [0.25, 0.3) is 0 Å². The van der Waals surface area contributed by atoms with Gasteiger partial charge in [0, 0.05) is 29.7 Å². The maximum atomic E-state index is 13.0. The lowest BCUT2D eigenvalue weighted by Gasteiger charge is -2.29. The summed E-state index contributed by atoms with van der Waals surface area (Å²) in [4.78, 5) is 28.4. The lowest BCUT2D eigenvalue weighted by Crippen LogP contribution is -2.49. The fourth-order valence-electron chi connectivity index (χ4n) is 2.91. The predicted octanol–water partition coefficient (Wildman–Crippen LogP) is 4.42. The molecule has 5 heteroatoms. The minimum absolute atomic E-state index is 0.00339. The Hall–Kier alpha value is -2.27. The number of rotatable bonds is 9. The van der Waals surface area contributed by atoms with E-state index >= 15 is 0 Å². The van der Waals surface area contributed by atoms with Crippen LogP contribution in [-0.2, 0) is 16.1 Å². The van der Waals surface area contributed by atoms with E-state index in [9.17, 15) is 9.59 Å². The van der Waals surface area contributed by atoms with Crippen LogP contribution < -0.4 is 5.32 Å². The molecule has 0 aliphatic carbocycles. The Labute approximate surface area is 172 Å². The average molecular weight is 399 g/mol. The van der Waals surface area contributed by atoms with Crippen molar-refractivity contribution in [2.24, 2.45) is 0 Å².